The predicted molar refractivity (Wildman–Crippen MR) is 53.0 cm³/mol. The van der Waals surface area contributed by atoms with Gasteiger partial charge >= 0.3 is 5.97 Å². The number of hydrogen-bond donors (Lipinski definition) is 4. The third kappa shape index (κ3) is 2.37. The predicted octanol–water partition coefficient (Wildman–Crippen LogP) is 0.126. The average molecular weight is 196 g/mol. The van der Waals surface area contributed by atoms with Crippen LogP contribution >= 0.6 is 0 Å². The molecule has 1 unspecified atom stereocenters. The minimum atomic E-state index is -1.12. The lowest BCUT2D eigenvalue weighted by molar-refractivity contribution is -0.138. The summed E-state index contributed by atoms with van der Waals surface area (Å²) in [7, 11) is 0. The molecule has 5 nitrogen and oxygen atoms in total. The largest absolute Gasteiger partial charge is 0.480 e. The number of nitrogens with two attached hydrogens (primary N) is 1. The fraction of sp³-hybridized carbons (Fsp3) is 0.222. The standard InChI is InChI=1S/C9H12N2O3/c10-6-3-1-2-4-7(6)11-8(5-12)9(13)14/h1-4,8,11-12H,5,10H2,(H,13,14). The molecule has 76 valence electrons. The monoisotopic (exact) mass is 196 g/mol. The minimum absolute atomic E-state index is 0.451. The quantitative estimate of drug-likeness (QED) is 0.513. The van der Waals surface area contributed by atoms with Gasteiger partial charge in [-0.05, 0) is 12.1 Å². The van der Waals surface area contributed by atoms with Crippen molar-refractivity contribution < 1.29 is 15.0 Å². The molecule has 0 fully saturated rings. The number of para-hydroxylation sites is 2. The summed E-state index contributed by atoms with van der Waals surface area (Å²) in [4.78, 5) is 10.6. The van der Waals surface area contributed by atoms with Crippen LogP contribution in [0, 0.1) is 0 Å². The van der Waals surface area contributed by atoms with E-state index in [1.54, 1.807) is 24.3 Å². The maximum Gasteiger partial charge on any atom is 0.328 e. The summed E-state index contributed by atoms with van der Waals surface area (Å²) in [5.74, 6) is -1.12. The van der Waals surface area contributed by atoms with E-state index in [4.69, 9.17) is 15.9 Å². The normalized spacial score (nSPS) is 12.1. The Bertz CT molecular complexity index is 328. The molecule has 0 aliphatic rings. The molecule has 1 aromatic carbocycles. The molecule has 5 heteroatoms. The van der Waals surface area contributed by atoms with Gasteiger partial charge in [-0.3, -0.25) is 0 Å². The first-order chi connectivity index (χ1) is 6.65. The summed E-state index contributed by atoms with van der Waals surface area (Å²) in [6.45, 7) is -0.482. The highest BCUT2D eigenvalue weighted by Crippen LogP contribution is 2.17. The zero-order chi connectivity index (χ0) is 10.6. The molecule has 0 aromatic heterocycles. The van der Waals surface area contributed by atoms with Crippen LogP contribution in [-0.2, 0) is 4.79 Å². The average Bonchev–Trinajstić information content (AvgIpc) is 2.16. The molecule has 5 N–H and O–H groups in total. The van der Waals surface area contributed by atoms with Crippen molar-refractivity contribution in [3.05, 3.63) is 24.3 Å². The molecule has 0 radical (unpaired) electrons. The van der Waals surface area contributed by atoms with Crippen LogP contribution in [0.25, 0.3) is 0 Å². The summed E-state index contributed by atoms with van der Waals surface area (Å²) in [6, 6.07) is 5.75. The minimum Gasteiger partial charge on any atom is -0.480 e. The Morgan fingerprint density at radius 1 is 1.50 bits per heavy atom. The van der Waals surface area contributed by atoms with Crippen LogP contribution in [0.3, 0.4) is 0 Å². The van der Waals surface area contributed by atoms with Gasteiger partial charge in [0.1, 0.15) is 6.04 Å². The van der Waals surface area contributed by atoms with Crippen LogP contribution in [0.5, 0.6) is 0 Å². The van der Waals surface area contributed by atoms with Crippen LogP contribution in [0.15, 0.2) is 24.3 Å². The highest BCUT2D eigenvalue weighted by Gasteiger charge is 2.16. The molecule has 1 rings (SSSR count). The van der Waals surface area contributed by atoms with E-state index >= 15 is 0 Å². The highest BCUT2D eigenvalue weighted by molar-refractivity contribution is 5.79. The van der Waals surface area contributed by atoms with E-state index in [9.17, 15) is 4.79 Å². The molecular weight excluding hydrogens is 184 g/mol. The zero-order valence-corrected chi connectivity index (χ0v) is 7.47. The molecule has 1 atom stereocenters. The maximum atomic E-state index is 10.6. The summed E-state index contributed by atoms with van der Waals surface area (Å²) in [5, 5.41) is 20.0. The van der Waals surface area contributed by atoms with Gasteiger partial charge < -0.3 is 21.3 Å². The number of benzene rings is 1. The second-order valence-electron chi connectivity index (χ2n) is 2.80. The fourth-order valence-corrected chi connectivity index (χ4v) is 1.00. The van der Waals surface area contributed by atoms with E-state index in [-0.39, 0.29) is 0 Å². The third-order valence-corrected chi connectivity index (χ3v) is 1.77. The van der Waals surface area contributed by atoms with Gasteiger partial charge in [0.25, 0.3) is 0 Å². The Kier molecular flexibility index (Phi) is 3.30. The number of aliphatic carboxylic acids is 1. The van der Waals surface area contributed by atoms with Crippen LogP contribution in [0.4, 0.5) is 11.4 Å². The number of aliphatic hydroxyl groups is 1. The van der Waals surface area contributed by atoms with Gasteiger partial charge in [0.15, 0.2) is 0 Å². The number of carboxylic acids is 1. The van der Waals surface area contributed by atoms with E-state index < -0.39 is 18.6 Å². The van der Waals surface area contributed by atoms with E-state index in [1.165, 1.54) is 0 Å². The molecule has 0 saturated carbocycles. The lowest BCUT2D eigenvalue weighted by Crippen LogP contribution is -2.32. The molecule has 1 aromatic rings. The van der Waals surface area contributed by atoms with Gasteiger partial charge in [-0.1, -0.05) is 12.1 Å². The SMILES string of the molecule is Nc1ccccc1NC(CO)C(=O)O. The Morgan fingerprint density at radius 2 is 2.14 bits per heavy atom. The highest BCUT2D eigenvalue weighted by atomic mass is 16.4. The van der Waals surface area contributed by atoms with Crippen LogP contribution in [0.2, 0.25) is 0 Å². The first-order valence-corrected chi connectivity index (χ1v) is 4.10. The number of nitrogen functional groups attached to an aromatic ring is 1. The Labute approximate surface area is 81.2 Å². The molecule has 0 aliphatic heterocycles. The van der Waals surface area contributed by atoms with Crippen molar-refractivity contribution in [1.29, 1.82) is 0 Å². The van der Waals surface area contributed by atoms with Crippen molar-refractivity contribution in [1.82, 2.24) is 0 Å². The summed E-state index contributed by atoms with van der Waals surface area (Å²) in [5.41, 5.74) is 6.55. The third-order valence-electron chi connectivity index (χ3n) is 1.77. The molecule has 0 heterocycles. The number of hydrogen-bond acceptors (Lipinski definition) is 4. The lowest BCUT2D eigenvalue weighted by atomic mass is 10.2. The van der Waals surface area contributed by atoms with Crippen molar-refractivity contribution in [2.75, 3.05) is 17.7 Å². The first kappa shape index (κ1) is 10.3. The van der Waals surface area contributed by atoms with Gasteiger partial charge in [0.05, 0.1) is 18.0 Å². The van der Waals surface area contributed by atoms with Crippen LogP contribution in [-0.4, -0.2) is 28.8 Å². The number of anilines is 2. The Balaban J connectivity index is 2.77. The zero-order valence-electron chi connectivity index (χ0n) is 7.47. The van der Waals surface area contributed by atoms with Crippen molar-refractivity contribution in [2.45, 2.75) is 6.04 Å². The maximum absolute atomic E-state index is 10.6. The van der Waals surface area contributed by atoms with Crippen molar-refractivity contribution in [2.24, 2.45) is 0 Å². The van der Waals surface area contributed by atoms with Crippen LogP contribution < -0.4 is 11.1 Å². The van der Waals surface area contributed by atoms with Gasteiger partial charge in [-0.15, -0.1) is 0 Å². The molecule has 0 bridgehead atoms. The number of aliphatic hydroxyl groups excluding tert-OH is 1. The topological polar surface area (TPSA) is 95.6 Å². The van der Waals surface area contributed by atoms with E-state index in [2.05, 4.69) is 5.32 Å². The summed E-state index contributed by atoms with van der Waals surface area (Å²) < 4.78 is 0. The molecule has 0 spiro atoms. The molecular formula is C9H12N2O3. The van der Waals surface area contributed by atoms with Crippen LogP contribution in [0.1, 0.15) is 0 Å². The van der Waals surface area contributed by atoms with Crippen molar-refractivity contribution >= 4 is 17.3 Å². The number of rotatable bonds is 4. The van der Waals surface area contributed by atoms with E-state index in [0.29, 0.717) is 11.4 Å². The molecule has 0 amide bonds. The lowest BCUT2D eigenvalue weighted by Gasteiger charge is -2.14. The smallest absolute Gasteiger partial charge is 0.328 e. The van der Waals surface area contributed by atoms with Gasteiger partial charge in [-0.25, -0.2) is 4.79 Å². The summed E-state index contributed by atoms with van der Waals surface area (Å²) >= 11 is 0. The van der Waals surface area contributed by atoms with Gasteiger partial charge in [0.2, 0.25) is 0 Å². The number of nitrogens with one attached hydrogen (secondary N) is 1. The van der Waals surface area contributed by atoms with Crippen molar-refractivity contribution in [3.63, 3.8) is 0 Å². The molecule has 14 heavy (non-hydrogen) atoms. The van der Waals surface area contributed by atoms with E-state index in [1.807, 2.05) is 0 Å². The summed E-state index contributed by atoms with van der Waals surface area (Å²) in [6.07, 6.45) is 0. The molecule has 0 aliphatic carbocycles. The Hall–Kier alpha value is -1.75. The number of carbonyl (C=O) groups is 1. The second kappa shape index (κ2) is 4.48. The van der Waals surface area contributed by atoms with Gasteiger partial charge in [-0.2, -0.15) is 0 Å². The van der Waals surface area contributed by atoms with Gasteiger partial charge in [0, 0.05) is 0 Å². The Morgan fingerprint density at radius 3 is 2.64 bits per heavy atom. The van der Waals surface area contributed by atoms with E-state index in [0.717, 1.165) is 0 Å². The number of carboxylic acid groups (broad SMARTS) is 1. The van der Waals surface area contributed by atoms with Crippen molar-refractivity contribution in [3.8, 4) is 0 Å². The first-order valence-electron chi connectivity index (χ1n) is 4.10. The second-order valence-corrected chi connectivity index (χ2v) is 2.80. The molecule has 0 saturated heterocycles. The fourth-order valence-electron chi connectivity index (χ4n) is 1.00.